The van der Waals surface area contributed by atoms with E-state index in [9.17, 15) is 4.79 Å². The molecule has 0 aromatic heterocycles. The second-order valence-corrected chi connectivity index (χ2v) is 3.29. The Morgan fingerprint density at radius 1 is 1.75 bits per heavy atom. The van der Waals surface area contributed by atoms with Gasteiger partial charge in [0, 0.05) is 4.75 Å². The van der Waals surface area contributed by atoms with Gasteiger partial charge in [0.05, 0.1) is 6.42 Å². The average molecular weight is 133 g/mol. The summed E-state index contributed by atoms with van der Waals surface area (Å²) in [6.45, 7) is 3.43. The number of carboxylic acids is 1. The summed E-state index contributed by atoms with van der Waals surface area (Å²) in [5, 5.41) is 8.14. The van der Waals surface area contributed by atoms with Crippen molar-refractivity contribution in [2.75, 3.05) is 0 Å². The minimum absolute atomic E-state index is 0.508. The maximum absolute atomic E-state index is 9.91. The van der Waals surface area contributed by atoms with Crippen molar-refractivity contribution in [3.63, 3.8) is 0 Å². The summed E-state index contributed by atoms with van der Waals surface area (Å²) < 4.78 is -0.508. The zero-order chi connectivity index (χ0) is 6.78. The van der Waals surface area contributed by atoms with Crippen LogP contribution < -0.4 is 0 Å². The highest BCUT2D eigenvalue weighted by Crippen LogP contribution is 2.14. The summed E-state index contributed by atoms with van der Waals surface area (Å²) in [4.78, 5) is 9.91. The second-order valence-electron chi connectivity index (χ2n) is 2.14. The highest BCUT2D eigenvalue weighted by atomic mass is 32.1. The number of carbonyl (C=O) groups is 1. The van der Waals surface area contributed by atoms with Crippen LogP contribution in [0.4, 0.5) is 0 Å². The van der Waals surface area contributed by atoms with E-state index < -0.39 is 10.7 Å². The van der Waals surface area contributed by atoms with Gasteiger partial charge in [-0.25, -0.2) is 0 Å². The van der Waals surface area contributed by atoms with E-state index in [2.05, 4.69) is 12.6 Å². The molecule has 0 aromatic rings. The summed E-state index contributed by atoms with van der Waals surface area (Å²) in [5.74, 6) is -0.926. The molecule has 0 rings (SSSR count). The first-order chi connectivity index (χ1) is 3.42. The van der Waals surface area contributed by atoms with Crippen LogP contribution in [0.25, 0.3) is 0 Å². The molecule has 1 radical (unpaired) electrons. The van der Waals surface area contributed by atoms with Gasteiger partial charge in [-0.05, 0) is 0 Å². The predicted octanol–water partition coefficient (Wildman–Crippen LogP) is 0.984. The van der Waals surface area contributed by atoms with E-state index >= 15 is 0 Å². The minimum atomic E-state index is -0.926. The van der Waals surface area contributed by atoms with E-state index in [0.717, 1.165) is 6.42 Å². The summed E-state index contributed by atoms with van der Waals surface area (Å²) >= 11 is 3.96. The number of aliphatic carboxylic acids is 1. The van der Waals surface area contributed by atoms with E-state index in [1.165, 1.54) is 0 Å². The molecule has 0 amide bonds. The summed E-state index contributed by atoms with van der Waals surface area (Å²) in [6, 6.07) is 0. The number of thiol groups is 1. The molecule has 0 aliphatic rings. The first-order valence-electron chi connectivity index (χ1n) is 2.23. The quantitative estimate of drug-likeness (QED) is 0.551. The van der Waals surface area contributed by atoms with Gasteiger partial charge in [0.15, 0.2) is 0 Å². The molecular formula is C5H9O2S. The second kappa shape index (κ2) is 2.40. The van der Waals surface area contributed by atoms with Crippen LogP contribution in [0.1, 0.15) is 13.8 Å². The lowest BCUT2D eigenvalue weighted by Gasteiger charge is -2.11. The third-order valence-electron chi connectivity index (χ3n) is 0.477. The molecule has 0 aliphatic carbocycles. The molecule has 0 bridgehead atoms. The number of hydrogen-bond donors (Lipinski definition) is 2. The minimum Gasteiger partial charge on any atom is -0.481 e. The topological polar surface area (TPSA) is 37.3 Å². The third-order valence-corrected chi connectivity index (χ3v) is 0.606. The molecule has 0 aromatic carbocycles. The Bertz CT molecular complexity index is 93.1. The molecule has 0 aliphatic heterocycles. The fraction of sp³-hybridized carbons (Fsp3) is 0.600. The predicted molar refractivity (Wildman–Crippen MR) is 35.0 cm³/mol. The molecule has 0 heterocycles. The molecule has 2 nitrogen and oxygen atoms in total. The molecule has 0 saturated carbocycles. The standard InChI is InChI=1S/C5H9O2S/c1-5(2,8)3-4(6)7/h3,8H,1-2H3,(H,6,7). The van der Waals surface area contributed by atoms with Crippen LogP contribution >= 0.6 is 12.6 Å². The maximum atomic E-state index is 9.91. The molecule has 3 heteroatoms. The molecule has 0 fully saturated rings. The lowest BCUT2D eigenvalue weighted by atomic mass is 10.1. The lowest BCUT2D eigenvalue weighted by molar-refractivity contribution is -0.133. The average Bonchev–Trinajstić information content (AvgIpc) is 1.21. The fourth-order valence-electron chi connectivity index (χ4n) is 0.302. The molecule has 0 atom stereocenters. The van der Waals surface area contributed by atoms with Crippen molar-refractivity contribution in [1.29, 1.82) is 0 Å². The van der Waals surface area contributed by atoms with Crippen LogP contribution in [0.15, 0.2) is 0 Å². The van der Waals surface area contributed by atoms with Crippen LogP contribution in [0.3, 0.4) is 0 Å². The third kappa shape index (κ3) is 5.82. The van der Waals surface area contributed by atoms with Crippen LogP contribution in [0, 0.1) is 6.42 Å². The number of hydrogen-bond acceptors (Lipinski definition) is 2. The summed E-state index contributed by atoms with van der Waals surface area (Å²) in [7, 11) is 0. The molecule has 47 valence electrons. The molecule has 0 saturated heterocycles. The van der Waals surface area contributed by atoms with Gasteiger partial charge in [0.2, 0.25) is 0 Å². The zero-order valence-electron chi connectivity index (χ0n) is 4.88. The van der Waals surface area contributed by atoms with Crippen molar-refractivity contribution in [3.05, 3.63) is 6.42 Å². The zero-order valence-corrected chi connectivity index (χ0v) is 5.77. The maximum Gasteiger partial charge on any atom is 0.308 e. The Morgan fingerprint density at radius 2 is 2.12 bits per heavy atom. The lowest BCUT2D eigenvalue weighted by Crippen LogP contribution is -2.17. The molecule has 8 heavy (non-hydrogen) atoms. The van der Waals surface area contributed by atoms with Crippen molar-refractivity contribution in [2.24, 2.45) is 0 Å². The van der Waals surface area contributed by atoms with Gasteiger partial charge >= 0.3 is 5.97 Å². The van der Waals surface area contributed by atoms with Crippen molar-refractivity contribution in [1.82, 2.24) is 0 Å². The van der Waals surface area contributed by atoms with Gasteiger partial charge in [-0.15, -0.1) is 0 Å². The van der Waals surface area contributed by atoms with Crippen molar-refractivity contribution in [2.45, 2.75) is 18.6 Å². The van der Waals surface area contributed by atoms with Gasteiger partial charge < -0.3 is 5.11 Å². The Balaban J connectivity index is 3.55. The van der Waals surface area contributed by atoms with Gasteiger partial charge in [-0.3, -0.25) is 4.79 Å². The van der Waals surface area contributed by atoms with Gasteiger partial charge in [0.25, 0.3) is 0 Å². The molecule has 0 unspecified atom stereocenters. The van der Waals surface area contributed by atoms with Crippen LogP contribution in [0.5, 0.6) is 0 Å². The largest absolute Gasteiger partial charge is 0.481 e. The number of carboxylic acid groups (broad SMARTS) is 1. The normalized spacial score (nSPS) is 11.4. The van der Waals surface area contributed by atoms with Gasteiger partial charge in [-0.2, -0.15) is 12.6 Å². The van der Waals surface area contributed by atoms with E-state index in [4.69, 9.17) is 5.11 Å². The van der Waals surface area contributed by atoms with E-state index in [1.54, 1.807) is 13.8 Å². The molecular weight excluding hydrogens is 124 g/mol. The highest BCUT2D eigenvalue weighted by molar-refractivity contribution is 7.82. The Hall–Kier alpha value is -0.180. The first kappa shape index (κ1) is 7.82. The smallest absolute Gasteiger partial charge is 0.308 e. The molecule has 0 spiro atoms. The van der Waals surface area contributed by atoms with Crippen LogP contribution in [0.2, 0.25) is 0 Å². The Kier molecular flexibility index (Phi) is 2.34. The Labute approximate surface area is 54.3 Å². The van der Waals surface area contributed by atoms with Gasteiger partial charge in [0.1, 0.15) is 0 Å². The van der Waals surface area contributed by atoms with Crippen molar-refractivity contribution >= 4 is 18.6 Å². The van der Waals surface area contributed by atoms with Crippen LogP contribution in [-0.2, 0) is 4.79 Å². The van der Waals surface area contributed by atoms with E-state index in [0.29, 0.717) is 0 Å². The monoisotopic (exact) mass is 133 g/mol. The van der Waals surface area contributed by atoms with E-state index in [-0.39, 0.29) is 0 Å². The van der Waals surface area contributed by atoms with Crippen molar-refractivity contribution in [3.8, 4) is 0 Å². The van der Waals surface area contributed by atoms with E-state index in [1.807, 2.05) is 0 Å². The highest BCUT2D eigenvalue weighted by Gasteiger charge is 2.15. The summed E-state index contributed by atoms with van der Waals surface area (Å²) in [6.07, 6.45) is 1.14. The number of rotatable bonds is 2. The van der Waals surface area contributed by atoms with Gasteiger partial charge in [-0.1, -0.05) is 13.8 Å². The van der Waals surface area contributed by atoms with Crippen molar-refractivity contribution < 1.29 is 9.90 Å². The van der Waals surface area contributed by atoms with Crippen LogP contribution in [-0.4, -0.2) is 15.8 Å². The SMILES string of the molecule is CC(C)(S)[CH]C(=O)O. The fourth-order valence-corrected chi connectivity index (χ4v) is 0.413. The Morgan fingerprint density at radius 3 is 2.12 bits per heavy atom. The molecule has 1 N–H and O–H groups in total. The first-order valence-corrected chi connectivity index (χ1v) is 2.68. The summed E-state index contributed by atoms with van der Waals surface area (Å²) in [5.41, 5.74) is 0.